The normalized spacial score (nSPS) is 9.50. The van der Waals surface area contributed by atoms with Crippen molar-refractivity contribution in [1.29, 1.82) is 0 Å². The Labute approximate surface area is 77.9 Å². The number of carbonyl (C=O) groups excluding carboxylic acids is 1. The monoisotopic (exact) mass is 200 g/mol. The van der Waals surface area contributed by atoms with Gasteiger partial charge in [-0.2, -0.15) is 0 Å². The zero-order valence-electron chi connectivity index (χ0n) is 7.35. The summed E-state index contributed by atoms with van der Waals surface area (Å²) < 4.78 is 9.68. The van der Waals surface area contributed by atoms with Crippen molar-refractivity contribution in [2.24, 2.45) is 0 Å². The molecule has 0 bridgehead atoms. The molecule has 0 aromatic carbocycles. The van der Waals surface area contributed by atoms with Crippen LogP contribution in [0.1, 0.15) is 0 Å². The maximum atomic E-state index is 11.0. The fourth-order valence-electron chi connectivity index (χ4n) is 0.727. The summed E-state index contributed by atoms with van der Waals surface area (Å²) in [4.78, 5) is 34.2. The molecule has 0 saturated heterocycles. The number of nitrogens with zero attached hydrogens (tertiary/aromatic N) is 1. The molecular weight excluding hydrogens is 192 g/mol. The number of aromatic amines is 1. The van der Waals surface area contributed by atoms with Crippen LogP contribution in [0.3, 0.4) is 0 Å². The minimum absolute atomic E-state index is 0.303. The Balaban J connectivity index is 2.73. The van der Waals surface area contributed by atoms with Crippen LogP contribution in [-0.2, 0) is 16.2 Å². The van der Waals surface area contributed by atoms with Crippen LogP contribution >= 0.6 is 0 Å². The van der Waals surface area contributed by atoms with Gasteiger partial charge in [0, 0.05) is 12.3 Å². The summed E-state index contributed by atoms with van der Waals surface area (Å²) >= 11 is 0. The molecule has 7 nitrogen and oxygen atoms in total. The number of hydrogen-bond acceptors (Lipinski definition) is 5. The van der Waals surface area contributed by atoms with E-state index < -0.39 is 17.4 Å². The molecule has 0 radical (unpaired) electrons. The highest BCUT2D eigenvalue weighted by Crippen LogP contribution is 1.84. The largest absolute Gasteiger partial charge is 0.509 e. The number of methoxy groups -OCH3 is 1. The van der Waals surface area contributed by atoms with Crippen LogP contribution in [0.5, 0.6) is 0 Å². The summed E-state index contributed by atoms with van der Waals surface area (Å²) in [6, 6.07) is 1.14. The Hall–Kier alpha value is -2.05. The third-order valence-corrected chi connectivity index (χ3v) is 1.39. The number of H-pyrrole nitrogens is 1. The van der Waals surface area contributed by atoms with Crippen molar-refractivity contribution >= 4 is 6.16 Å². The first-order valence-corrected chi connectivity index (χ1v) is 3.64. The molecular formula is C7H8N2O5. The molecule has 0 fully saturated rings. The second kappa shape index (κ2) is 4.26. The van der Waals surface area contributed by atoms with E-state index in [1.807, 2.05) is 4.98 Å². The molecule has 76 valence electrons. The van der Waals surface area contributed by atoms with Crippen LogP contribution in [0.4, 0.5) is 4.79 Å². The topological polar surface area (TPSA) is 90.4 Å². The van der Waals surface area contributed by atoms with Crippen LogP contribution in [0.2, 0.25) is 0 Å². The Bertz CT molecular complexity index is 432. The number of nitrogens with one attached hydrogen (secondary N) is 1. The average molecular weight is 200 g/mol. The van der Waals surface area contributed by atoms with Gasteiger partial charge in [0.05, 0.1) is 7.11 Å². The molecule has 0 saturated carbocycles. The highest BCUT2D eigenvalue weighted by Gasteiger charge is 2.01. The van der Waals surface area contributed by atoms with Crippen molar-refractivity contribution in [1.82, 2.24) is 9.55 Å². The first kappa shape index (κ1) is 10.0. The van der Waals surface area contributed by atoms with Gasteiger partial charge in [-0.25, -0.2) is 9.59 Å². The molecule has 0 unspecified atom stereocenters. The predicted molar refractivity (Wildman–Crippen MR) is 44.8 cm³/mol. The molecule has 14 heavy (non-hydrogen) atoms. The number of carbonyl (C=O) groups is 1. The standard InChI is InChI=1S/C7H8N2O5/c1-13-7(12)14-4-9-3-2-5(10)8-6(9)11/h2-3H,4H2,1H3,(H,8,10,11). The minimum atomic E-state index is -0.900. The molecule has 1 N–H and O–H groups in total. The summed E-state index contributed by atoms with van der Waals surface area (Å²) in [6.07, 6.45) is 0.312. The molecule has 7 heteroatoms. The van der Waals surface area contributed by atoms with Crippen LogP contribution in [0.15, 0.2) is 21.9 Å². The summed E-state index contributed by atoms with van der Waals surface area (Å²) in [5.41, 5.74) is -1.16. The molecule has 1 heterocycles. The second-order valence-electron chi connectivity index (χ2n) is 2.31. The quantitative estimate of drug-likeness (QED) is 0.636. The zero-order valence-corrected chi connectivity index (χ0v) is 7.35. The van der Waals surface area contributed by atoms with Crippen LogP contribution in [0.25, 0.3) is 0 Å². The third-order valence-electron chi connectivity index (χ3n) is 1.39. The van der Waals surface area contributed by atoms with Gasteiger partial charge in [0.15, 0.2) is 6.73 Å². The van der Waals surface area contributed by atoms with Gasteiger partial charge >= 0.3 is 11.8 Å². The minimum Gasteiger partial charge on any atom is -0.438 e. The van der Waals surface area contributed by atoms with E-state index in [1.54, 1.807) is 0 Å². The second-order valence-corrected chi connectivity index (χ2v) is 2.31. The van der Waals surface area contributed by atoms with E-state index in [9.17, 15) is 14.4 Å². The number of hydrogen-bond donors (Lipinski definition) is 1. The lowest BCUT2D eigenvalue weighted by molar-refractivity contribution is 0.0471. The molecule has 0 aliphatic carbocycles. The van der Waals surface area contributed by atoms with Gasteiger partial charge in [-0.3, -0.25) is 14.3 Å². The Kier molecular flexibility index (Phi) is 3.05. The lowest BCUT2D eigenvalue weighted by atomic mass is 10.6. The number of ether oxygens (including phenoxy) is 2. The zero-order chi connectivity index (χ0) is 10.6. The van der Waals surface area contributed by atoms with Gasteiger partial charge in [-0.05, 0) is 0 Å². The predicted octanol–water partition coefficient (Wildman–Crippen LogP) is -0.723. The SMILES string of the molecule is COC(=O)OCn1ccc(=O)[nH]c1=O. The van der Waals surface area contributed by atoms with Crippen LogP contribution < -0.4 is 11.2 Å². The first-order valence-electron chi connectivity index (χ1n) is 3.64. The van der Waals surface area contributed by atoms with E-state index in [4.69, 9.17) is 0 Å². The molecule has 0 aliphatic rings. The smallest absolute Gasteiger partial charge is 0.438 e. The average Bonchev–Trinajstić information content (AvgIpc) is 2.16. The molecule has 0 spiro atoms. The third kappa shape index (κ3) is 2.47. The van der Waals surface area contributed by atoms with Crippen LogP contribution in [-0.4, -0.2) is 22.8 Å². The molecule has 1 aromatic rings. The van der Waals surface area contributed by atoms with Crippen molar-refractivity contribution < 1.29 is 14.3 Å². The Morgan fingerprint density at radius 1 is 1.57 bits per heavy atom. The fraction of sp³-hybridized carbons (Fsp3) is 0.286. The maximum absolute atomic E-state index is 11.0. The molecule has 1 rings (SSSR count). The van der Waals surface area contributed by atoms with Gasteiger partial charge in [0.25, 0.3) is 5.56 Å². The molecule has 0 amide bonds. The molecule has 0 atom stereocenters. The van der Waals surface area contributed by atoms with E-state index in [1.165, 1.54) is 6.20 Å². The fourth-order valence-corrected chi connectivity index (χ4v) is 0.727. The Morgan fingerprint density at radius 2 is 2.29 bits per heavy atom. The maximum Gasteiger partial charge on any atom is 0.509 e. The highest BCUT2D eigenvalue weighted by atomic mass is 16.7. The van der Waals surface area contributed by atoms with Crippen molar-refractivity contribution in [3.05, 3.63) is 33.1 Å². The van der Waals surface area contributed by atoms with E-state index in [-0.39, 0.29) is 6.73 Å². The van der Waals surface area contributed by atoms with E-state index in [2.05, 4.69) is 9.47 Å². The lowest BCUT2D eigenvalue weighted by Gasteiger charge is -2.04. The lowest BCUT2D eigenvalue weighted by Crippen LogP contribution is -2.29. The van der Waals surface area contributed by atoms with E-state index >= 15 is 0 Å². The van der Waals surface area contributed by atoms with Crippen molar-refractivity contribution in [2.45, 2.75) is 6.73 Å². The van der Waals surface area contributed by atoms with Gasteiger partial charge in [-0.1, -0.05) is 0 Å². The number of rotatable bonds is 2. The van der Waals surface area contributed by atoms with E-state index in [0.29, 0.717) is 0 Å². The highest BCUT2D eigenvalue weighted by molar-refractivity contribution is 5.59. The molecule has 0 aliphatic heterocycles. The van der Waals surface area contributed by atoms with Gasteiger partial charge in [0.2, 0.25) is 0 Å². The molecule has 1 aromatic heterocycles. The summed E-state index contributed by atoms with van der Waals surface area (Å²) in [5, 5.41) is 0. The summed E-state index contributed by atoms with van der Waals surface area (Å²) in [6.45, 7) is -0.303. The van der Waals surface area contributed by atoms with Gasteiger partial charge in [-0.15, -0.1) is 0 Å². The summed E-state index contributed by atoms with van der Waals surface area (Å²) in [5.74, 6) is 0. The van der Waals surface area contributed by atoms with Gasteiger partial charge < -0.3 is 9.47 Å². The van der Waals surface area contributed by atoms with Crippen molar-refractivity contribution in [3.63, 3.8) is 0 Å². The Morgan fingerprint density at radius 3 is 2.86 bits per heavy atom. The van der Waals surface area contributed by atoms with E-state index in [0.717, 1.165) is 17.7 Å². The van der Waals surface area contributed by atoms with Gasteiger partial charge in [0.1, 0.15) is 0 Å². The van der Waals surface area contributed by atoms with Crippen molar-refractivity contribution in [3.8, 4) is 0 Å². The number of aromatic nitrogens is 2. The van der Waals surface area contributed by atoms with Crippen molar-refractivity contribution in [2.75, 3.05) is 7.11 Å². The van der Waals surface area contributed by atoms with Crippen LogP contribution in [0, 0.1) is 0 Å². The first-order chi connectivity index (χ1) is 6.63. The summed E-state index contributed by atoms with van der Waals surface area (Å²) in [7, 11) is 1.15.